The Morgan fingerprint density at radius 2 is 2.08 bits per heavy atom. The van der Waals surface area contributed by atoms with E-state index in [0.29, 0.717) is 12.1 Å². The minimum absolute atomic E-state index is 0.443. The van der Waals surface area contributed by atoms with Gasteiger partial charge in [-0.1, -0.05) is 6.92 Å². The van der Waals surface area contributed by atoms with Gasteiger partial charge in [-0.2, -0.15) is 0 Å². The van der Waals surface area contributed by atoms with E-state index in [1.165, 1.54) is 19.0 Å². The molecule has 0 aromatic heterocycles. The van der Waals surface area contributed by atoms with Crippen molar-refractivity contribution in [3.63, 3.8) is 0 Å². The third kappa shape index (κ3) is 2.79. The molecule has 0 radical (unpaired) electrons. The summed E-state index contributed by atoms with van der Waals surface area (Å²) < 4.78 is 6.03. The molecule has 0 spiro atoms. The third-order valence-electron chi connectivity index (χ3n) is 2.89. The van der Waals surface area contributed by atoms with E-state index in [9.17, 15) is 0 Å². The van der Waals surface area contributed by atoms with Gasteiger partial charge in [-0.25, -0.2) is 0 Å². The number of nitrogens with zero attached hydrogens (tertiary/aromatic N) is 1. The largest absolute Gasteiger partial charge is 0.413 e. The Bertz CT molecular complexity index is 172. The van der Waals surface area contributed by atoms with Crippen molar-refractivity contribution in [2.45, 2.75) is 51.6 Å². The van der Waals surface area contributed by atoms with Crippen molar-refractivity contribution in [2.75, 3.05) is 13.6 Å². The molecule has 13 heavy (non-hydrogen) atoms. The van der Waals surface area contributed by atoms with E-state index in [1.807, 2.05) is 0 Å². The Morgan fingerprint density at radius 3 is 2.46 bits per heavy atom. The van der Waals surface area contributed by atoms with Gasteiger partial charge in [0.1, 0.15) is 0 Å². The van der Waals surface area contributed by atoms with Crippen molar-refractivity contribution in [3.8, 4) is 0 Å². The number of likely N-dealkylation sites (N-methyl/N-ethyl adjacent to an activating group) is 1. The van der Waals surface area contributed by atoms with Crippen LogP contribution in [-0.4, -0.2) is 39.0 Å². The van der Waals surface area contributed by atoms with E-state index in [-0.39, 0.29) is 0 Å². The van der Waals surface area contributed by atoms with Crippen molar-refractivity contribution in [3.05, 3.63) is 0 Å². The van der Waals surface area contributed by atoms with Crippen LogP contribution in [0.4, 0.5) is 0 Å². The highest BCUT2D eigenvalue weighted by molar-refractivity contribution is 6.72. The van der Waals surface area contributed by atoms with Crippen molar-refractivity contribution in [1.29, 1.82) is 0 Å². The van der Waals surface area contributed by atoms with Gasteiger partial charge in [0, 0.05) is 6.04 Å². The van der Waals surface area contributed by atoms with Crippen LogP contribution in [0.3, 0.4) is 0 Å². The first-order valence-electron chi connectivity index (χ1n) is 5.34. The van der Waals surface area contributed by atoms with Gasteiger partial charge in [-0.3, -0.25) is 0 Å². The smallest absolute Gasteiger partial charge is 0.188 e. The maximum atomic E-state index is 6.03. The van der Waals surface area contributed by atoms with Gasteiger partial charge < -0.3 is 9.33 Å². The third-order valence-corrected chi connectivity index (χ3v) is 5.30. The molecule has 3 heteroatoms. The second-order valence-corrected chi connectivity index (χ2v) is 9.00. The van der Waals surface area contributed by atoms with E-state index in [0.717, 1.165) is 0 Å². The standard InChI is InChI=1S/C10H23NOSi/c1-6-7-11(3)10-8-13(4,5)12-9(10)2/h9-10H,6-8H2,1-5H3. The van der Waals surface area contributed by atoms with Gasteiger partial charge in [0.25, 0.3) is 0 Å². The van der Waals surface area contributed by atoms with Crippen molar-refractivity contribution < 1.29 is 4.43 Å². The van der Waals surface area contributed by atoms with Gasteiger partial charge in [-0.15, -0.1) is 0 Å². The fourth-order valence-corrected chi connectivity index (χ4v) is 5.24. The van der Waals surface area contributed by atoms with Gasteiger partial charge in [0.05, 0.1) is 6.10 Å². The lowest BCUT2D eigenvalue weighted by molar-refractivity contribution is 0.137. The Balaban J connectivity index is 2.52. The second kappa shape index (κ2) is 4.11. The molecule has 1 aliphatic rings. The normalized spacial score (nSPS) is 32.8. The molecule has 2 atom stereocenters. The van der Waals surface area contributed by atoms with E-state index >= 15 is 0 Å². The summed E-state index contributed by atoms with van der Waals surface area (Å²) in [6.45, 7) is 10.3. The van der Waals surface area contributed by atoms with E-state index in [1.54, 1.807) is 0 Å². The first-order valence-corrected chi connectivity index (χ1v) is 8.46. The van der Waals surface area contributed by atoms with Gasteiger partial charge in [0.2, 0.25) is 0 Å². The van der Waals surface area contributed by atoms with E-state index < -0.39 is 8.32 Å². The summed E-state index contributed by atoms with van der Waals surface area (Å²) in [4.78, 5) is 2.46. The number of hydrogen-bond acceptors (Lipinski definition) is 2. The summed E-state index contributed by atoms with van der Waals surface area (Å²) in [6, 6.07) is 1.96. The summed E-state index contributed by atoms with van der Waals surface area (Å²) in [7, 11) is 0.926. The highest BCUT2D eigenvalue weighted by Gasteiger charge is 2.41. The Labute approximate surface area is 83.4 Å². The molecular weight excluding hydrogens is 178 g/mol. The molecule has 2 unspecified atom stereocenters. The number of rotatable bonds is 3. The average Bonchev–Trinajstić information content (AvgIpc) is 2.25. The van der Waals surface area contributed by atoms with Crippen LogP contribution in [0.5, 0.6) is 0 Å². The van der Waals surface area contributed by atoms with Gasteiger partial charge in [0.15, 0.2) is 8.32 Å². The van der Waals surface area contributed by atoms with Crippen molar-refractivity contribution in [1.82, 2.24) is 4.90 Å². The quantitative estimate of drug-likeness (QED) is 0.650. The number of hydrogen-bond donors (Lipinski definition) is 0. The first kappa shape index (κ1) is 11.2. The van der Waals surface area contributed by atoms with Crippen molar-refractivity contribution >= 4 is 8.32 Å². The van der Waals surface area contributed by atoms with Crippen LogP contribution in [0.25, 0.3) is 0 Å². The van der Waals surface area contributed by atoms with E-state index in [4.69, 9.17) is 4.43 Å². The molecule has 78 valence electrons. The highest BCUT2D eigenvalue weighted by Crippen LogP contribution is 2.30. The SMILES string of the molecule is CCCN(C)C1C[Si](C)(C)OC1C. The first-order chi connectivity index (χ1) is 5.96. The molecule has 1 heterocycles. The molecule has 1 fully saturated rings. The molecule has 2 nitrogen and oxygen atoms in total. The molecule has 0 bridgehead atoms. The average molecular weight is 201 g/mol. The van der Waals surface area contributed by atoms with Crippen LogP contribution >= 0.6 is 0 Å². The van der Waals surface area contributed by atoms with Gasteiger partial charge >= 0.3 is 0 Å². The molecule has 0 N–H and O–H groups in total. The molecule has 0 saturated carbocycles. The minimum Gasteiger partial charge on any atom is -0.413 e. The Morgan fingerprint density at radius 1 is 1.46 bits per heavy atom. The zero-order valence-electron chi connectivity index (χ0n) is 9.63. The Hall–Kier alpha value is 0.137. The lowest BCUT2D eigenvalue weighted by Crippen LogP contribution is -2.37. The minimum atomic E-state index is -1.30. The van der Waals surface area contributed by atoms with Crippen LogP contribution in [0.15, 0.2) is 0 Å². The maximum Gasteiger partial charge on any atom is 0.188 e. The highest BCUT2D eigenvalue weighted by atomic mass is 28.4. The van der Waals surface area contributed by atoms with Crippen LogP contribution in [-0.2, 0) is 4.43 Å². The molecular formula is C10H23NOSi. The molecule has 0 amide bonds. The zero-order valence-corrected chi connectivity index (χ0v) is 10.6. The van der Waals surface area contributed by atoms with Crippen molar-refractivity contribution in [2.24, 2.45) is 0 Å². The van der Waals surface area contributed by atoms with Gasteiger partial charge in [-0.05, 0) is 46.1 Å². The van der Waals surface area contributed by atoms with Crippen LogP contribution in [0.2, 0.25) is 19.1 Å². The predicted octanol–water partition coefficient (Wildman–Crippen LogP) is 2.32. The fourth-order valence-electron chi connectivity index (χ4n) is 2.33. The van der Waals surface area contributed by atoms with E-state index in [2.05, 4.69) is 38.9 Å². The predicted molar refractivity (Wildman–Crippen MR) is 59.5 cm³/mol. The lowest BCUT2D eigenvalue weighted by atomic mass is 10.2. The fraction of sp³-hybridized carbons (Fsp3) is 1.00. The van der Waals surface area contributed by atoms with Crippen LogP contribution < -0.4 is 0 Å². The summed E-state index contributed by atoms with van der Waals surface area (Å²) in [5.41, 5.74) is 0. The van der Waals surface area contributed by atoms with Crippen LogP contribution in [0, 0.1) is 0 Å². The summed E-state index contributed by atoms with van der Waals surface area (Å²) in [5.74, 6) is 0. The Kier molecular flexibility index (Phi) is 3.55. The molecule has 0 aromatic carbocycles. The summed E-state index contributed by atoms with van der Waals surface area (Å²) >= 11 is 0. The second-order valence-electron chi connectivity index (χ2n) is 4.83. The summed E-state index contributed by atoms with van der Waals surface area (Å²) in [5, 5.41) is 0. The molecule has 1 aliphatic heterocycles. The molecule has 0 aromatic rings. The monoisotopic (exact) mass is 201 g/mol. The summed E-state index contributed by atoms with van der Waals surface area (Å²) in [6.07, 6.45) is 1.68. The maximum absolute atomic E-state index is 6.03. The van der Waals surface area contributed by atoms with Crippen LogP contribution in [0.1, 0.15) is 20.3 Å². The molecule has 1 saturated heterocycles. The lowest BCUT2D eigenvalue weighted by Gasteiger charge is -2.26. The topological polar surface area (TPSA) is 12.5 Å². The molecule has 1 rings (SSSR count). The zero-order chi connectivity index (χ0) is 10.1. The molecule has 0 aliphatic carbocycles.